The van der Waals surface area contributed by atoms with Crippen molar-refractivity contribution in [2.45, 2.75) is 5.38 Å². The minimum absolute atomic E-state index is 0. The molecule has 0 heterocycles. The number of alkyl halides is 1. The van der Waals surface area contributed by atoms with Gasteiger partial charge in [-0.15, -0.1) is 11.6 Å². The van der Waals surface area contributed by atoms with Crippen LogP contribution in [0.1, 0.15) is 10.9 Å². The SMILES string of the molecule is N#CC(Cl)c1ccccc1.[NaH]. The zero-order valence-corrected chi connectivity index (χ0v) is 6.05. The second kappa shape index (κ2) is 5.62. The van der Waals surface area contributed by atoms with Gasteiger partial charge in [0.15, 0.2) is 0 Å². The molecule has 0 spiro atoms. The van der Waals surface area contributed by atoms with Crippen LogP contribution < -0.4 is 0 Å². The van der Waals surface area contributed by atoms with Crippen LogP contribution in [0, 0.1) is 11.3 Å². The van der Waals surface area contributed by atoms with Crippen LogP contribution in [0.25, 0.3) is 0 Å². The van der Waals surface area contributed by atoms with E-state index in [9.17, 15) is 0 Å². The van der Waals surface area contributed by atoms with Crippen LogP contribution in [0.2, 0.25) is 0 Å². The molecule has 0 aliphatic heterocycles. The number of nitrogens with zero attached hydrogens (tertiary/aromatic N) is 1. The van der Waals surface area contributed by atoms with Gasteiger partial charge in [0, 0.05) is 0 Å². The van der Waals surface area contributed by atoms with E-state index in [1.54, 1.807) is 0 Å². The van der Waals surface area contributed by atoms with Crippen molar-refractivity contribution in [1.29, 1.82) is 5.26 Å². The molecular weight excluding hydrogens is 169 g/mol. The standard InChI is InChI=1S/C8H6ClN.Na.H/c9-8(6-10)7-4-2-1-3-5-7;;/h1-5,8H;;. The molecule has 11 heavy (non-hydrogen) atoms. The van der Waals surface area contributed by atoms with Crippen LogP contribution in [-0.2, 0) is 0 Å². The van der Waals surface area contributed by atoms with E-state index in [1.165, 1.54) is 0 Å². The summed E-state index contributed by atoms with van der Waals surface area (Å²) in [5.41, 5.74) is 0.853. The topological polar surface area (TPSA) is 23.8 Å². The van der Waals surface area contributed by atoms with Crippen molar-refractivity contribution in [1.82, 2.24) is 0 Å². The third-order valence-corrected chi connectivity index (χ3v) is 1.56. The quantitative estimate of drug-likeness (QED) is 0.472. The van der Waals surface area contributed by atoms with Gasteiger partial charge in [-0.1, -0.05) is 30.3 Å². The summed E-state index contributed by atoms with van der Waals surface area (Å²) >= 11 is 5.63. The van der Waals surface area contributed by atoms with E-state index in [4.69, 9.17) is 16.9 Å². The molecule has 0 amide bonds. The van der Waals surface area contributed by atoms with Crippen molar-refractivity contribution in [3.8, 4) is 6.07 Å². The first-order valence-electron chi connectivity index (χ1n) is 2.93. The number of hydrogen-bond donors (Lipinski definition) is 0. The Bertz CT molecular complexity index is 242. The van der Waals surface area contributed by atoms with Crippen LogP contribution >= 0.6 is 11.6 Å². The maximum atomic E-state index is 8.41. The second-order valence-corrected chi connectivity index (χ2v) is 2.34. The summed E-state index contributed by atoms with van der Waals surface area (Å²) < 4.78 is 0. The van der Waals surface area contributed by atoms with E-state index < -0.39 is 5.38 Å². The molecule has 1 atom stereocenters. The molecule has 1 aromatic rings. The summed E-state index contributed by atoms with van der Waals surface area (Å²) in [7, 11) is 0. The molecule has 0 radical (unpaired) electrons. The van der Waals surface area contributed by atoms with Crippen molar-refractivity contribution < 1.29 is 0 Å². The van der Waals surface area contributed by atoms with E-state index in [0.717, 1.165) is 5.56 Å². The molecule has 0 fully saturated rings. The van der Waals surface area contributed by atoms with Crippen molar-refractivity contribution >= 4 is 41.2 Å². The van der Waals surface area contributed by atoms with E-state index in [0.29, 0.717) is 0 Å². The average molecular weight is 176 g/mol. The number of nitriles is 1. The Morgan fingerprint density at radius 3 is 2.27 bits per heavy atom. The summed E-state index contributed by atoms with van der Waals surface area (Å²) in [6.07, 6.45) is 0. The molecule has 0 aliphatic carbocycles. The molecule has 1 rings (SSSR count). The predicted molar refractivity (Wildman–Crippen MR) is 47.8 cm³/mol. The maximum absolute atomic E-state index is 8.41. The summed E-state index contributed by atoms with van der Waals surface area (Å²) in [4.78, 5) is 0. The fourth-order valence-electron chi connectivity index (χ4n) is 0.697. The van der Waals surface area contributed by atoms with Gasteiger partial charge in [-0.25, -0.2) is 0 Å². The Balaban J connectivity index is 0.000001000. The molecule has 0 bridgehead atoms. The van der Waals surface area contributed by atoms with Gasteiger partial charge in [0.2, 0.25) is 0 Å². The Morgan fingerprint density at radius 2 is 1.82 bits per heavy atom. The first-order chi connectivity index (χ1) is 4.84. The molecule has 0 aliphatic rings. The van der Waals surface area contributed by atoms with Gasteiger partial charge in [0.1, 0.15) is 5.38 Å². The summed E-state index contributed by atoms with van der Waals surface area (Å²) in [6.45, 7) is 0. The van der Waals surface area contributed by atoms with Gasteiger partial charge >= 0.3 is 29.6 Å². The molecule has 1 nitrogen and oxygen atoms in total. The van der Waals surface area contributed by atoms with E-state index in [2.05, 4.69) is 0 Å². The second-order valence-electron chi connectivity index (χ2n) is 1.90. The fourth-order valence-corrected chi connectivity index (χ4v) is 0.842. The Morgan fingerprint density at radius 1 is 1.27 bits per heavy atom. The normalized spacial score (nSPS) is 10.9. The van der Waals surface area contributed by atoms with Crippen LogP contribution in [0.3, 0.4) is 0 Å². The molecule has 0 saturated heterocycles. The fraction of sp³-hybridized carbons (Fsp3) is 0.125. The third kappa shape index (κ3) is 3.27. The van der Waals surface area contributed by atoms with Gasteiger partial charge in [-0.3, -0.25) is 0 Å². The zero-order chi connectivity index (χ0) is 7.40. The van der Waals surface area contributed by atoms with Crippen LogP contribution in [0.5, 0.6) is 0 Å². The van der Waals surface area contributed by atoms with Crippen molar-refractivity contribution in [2.75, 3.05) is 0 Å². The molecule has 52 valence electrons. The number of hydrogen-bond acceptors (Lipinski definition) is 1. The average Bonchev–Trinajstić information content (AvgIpc) is 2.05. The molecule has 1 unspecified atom stereocenters. The molecule has 3 heteroatoms. The van der Waals surface area contributed by atoms with Gasteiger partial charge < -0.3 is 0 Å². The van der Waals surface area contributed by atoms with Crippen molar-refractivity contribution in [3.63, 3.8) is 0 Å². The number of halogens is 1. The van der Waals surface area contributed by atoms with Crippen LogP contribution in [-0.4, -0.2) is 29.6 Å². The molecule has 1 aromatic carbocycles. The van der Waals surface area contributed by atoms with Crippen LogP contribution in [0.4, 0.5) is 0 Å². The Kier molecular flexibility index (Phi) is 5.62. The van der Waals surface area contributed by atoms with E-state index in [-0.39, 0.29) is 29.6 Å². The molecular formula is C8H7ClNNa. The first kappa shape index (κ1) is 11.0. The summed E-state index contributed by atoms with van der Waals surface area (Å²) in [5, 5.41) is 7.89. The minimum atomic E-state index is -0.513. The van der Waals surface area contributed by atoms with Gasteiger partial charge in [-0.05, 0) is 5.56 Å². The van der Waals surface area contributed by atoms with Gasteiger partial charge in [-0.2, -0.15) is 5.26 Å². The third-order valence-electron chi connectivity index (χ3n) is 1.21. The monoisotopic (exact) mass is 175 g/mol. The Labute approximate surface area is 93.3 Å². The van der Waals surface area contributed by atoms with Crippen molar-refractivity contribution in [2.24, 2.45) is 0 Å². The number of benzene rings is 1. The molecule has 0 N–H and O–H groups in total. The molecule has 0 aromatic heterocycles. The van der Waals surface area contributed by atoms with Crippen molar-refractivity contribution in [3.05, 3.63) is 35.9 Å². The summed E-state index contributed by atoms with van der Waals surface area (Å²) in [6, 6.07) is 11.2. The van der Waals surface area contributed by atoms with Crippen LogP contribution in [0.15, 0.2) is 30.3 Å². The zero-order valence-electron chi connectivity index (χ0n) is 5.29. The first-order valence-corrected chi connectivity index (χ1v) is 3.37. The predicted octanol–water partition coefficient (Wildman–Crippen LogP) is 1.84. The van der Waals surface area contributed by atoms with Gasteiger partial charge in [0.05, 0.1) is 6.07 Å². The number of rotatable bonds is 1. The van der Waals surface area contributed by atoms with E-state index >= 15 is 0 Å². The Hall–Kier alpha value is 0. The molecule has 0 saturated carbocycles. The van der Waals surface area contributed by atoms with Gasteiger partial charge in [0.25, 0.3) is 0 Å². The van der Waals surface area contributed by atoms with E-state index in [1.807, 2.05) is 36.4 Å². The summed E-state index contributed by atoms with van der Waals surface area (Å²) in [5.74, 6) is 0.